The SMILES string of the molecule is Cc1noc(C(C)C)c1C(=O)NCC(=O)N(C)C. The largest absolute Gasteiger partial charge is 0.360 e. The van der Waals surface area contributed by atoms with Crippen molar-refractivity contribution < 1.29 is 14.1 Å². The number of rotatable bonds is 4. The van der Waals surface area contributed by atoms with Gasteiger partial charge in [0.2, 0.25) is 5.91 Å². The molecule has 2 amide bonds. The van der Waals surface area contributed by atoms with Gasteiger partial charge in [0.1, 0.15) is 5.56 Å². The van der Waals surface area contributed by atoms with Gasteiger partial charge >= 0.3 is 0 Å². The maximum absolute atomic E-state index is 12.0. The first kappa shape index (κ1) is 14.2. The van der Waals surface area contributed by atoms with Gasteiger partial charge in [-0.05, 0) is 6.92 Å². The van der Waals surface area contributed by atoms with Crippen molar-refractivity contribution in [2.45, 2.75) is 26.7 Å². The van der Waals surface area contributed by atoms with E-state index < -0.39 is 0 Å². The Kier molecular flexibility index (Phi) is 4.47. The summed E-state index contributed by atoms with van der Waals surface area (Å²) in [6, 6.07) is 0. The Morgan fingerprint density at radius 2 is 2.00 bits per heavy atom. The molecule has 1 rings (SSSR count). The Morgan fingerprint density at radius 3 is 2.50 bits per heavy atom. The summed E-state index contributed by atoms with van der Waals surface area (Å²) in [7, 11) is 3.28. The molecule has 0 spiro atoms. The fourth-order valence-corrected chi connectivity index (χ4v) is 1.46. The summed E-state index contributed by atoms with van der Waals surface area (Å²) in [6.07, 6.45) is 0. The molecule has 0 saturated carbocycles. The van der Waals surface area contributed by atoms with Crippen LogP contribution in [-0.4, -0.2) is 42.5 Å². The van der Waals surface area contributed by atoms with E-state index in [1.807, 2.05) is 13.8 Å². The molecular formula is C12H19N3O3. The normalized spacial score (nSPS) is 10.6. The number of amides is 2. The molecule has 0 atom stereocenters. The Bertz CT molecular complexity index is 449. The van der Waals surface area contributed by atoms with Crippen molar-refractivity contribution in [2.75, 3.05) is 20.6 Å². The van der Waals surface area contributed by atoms with Crippen molar-refractivity contribution in [3.63, 3.8) is 0 Å². The second-order valence-corrected chi connectivity index (χ2v) is 4.63. The molecule has 6 heteroatoms. The molecule has 0 saturated heterocycles. The van der Waals surface area contributed by atoms with Crippen LogP contribution in [0.1, 0.15) is 41.6 Å². The third-order valence-electron chi connectivity index (χ3n) is 2.54. The van der Waals surface area contributed by atoms with Crippen LogP contribution in [0.4, 0.5) is 0 Å². The number of hydrogen-bond donors (Lipinski definition) is 1. The lowest BCUT2D eigenvalue weighted by atomic mass is 10.0. The predicted molar refractivity (Wildman–Crippen MR) is 66.4 cm³/mol. The summed E-state index contributed by atoms with van der Waals surface area (Å²) in [6.45, 7) is 5.51. The number of likely N-dealkylation sites (N-methyl/N-ethyl adjacent to an activating group) is 1. The van der Waals surface area contributed by atoms with Crippen LogP contribution < -0.4 is 5.32 Å². The Balaban J connectivity index is 2.79. The summed E-state index contributed by atoms with van der Waals surface area (Å²) >= 11 is 0. The molecule has 18 heavy (non-hydrogen) atoms. The van der Waals surface area contributed by atoms with Crippen LogP contribution in [0.15, 0.2) is 4.52 Å². The fraction of sp³-hybridized carbons (Fsp3) is 0.583. The van der Waals surface area contributed by atoms with E-state index in [2.05, 4.69) is 10.5 Å². The zero-order chi connectivity index (χ0) is 13.9. The number of nitrogens with zero attached hydrogens (tertiary/aromatic N) is 2. The van der Waals surface area contributed by atoms with E-state index in [1.165, 1.54) is 4.90 Å². The van der Waals surface area contributed by atoms with Crippen molar-refractivity contribution in [3.8, 4) is 0 Å². The highest BCUT2D eigenvalue weighted by Gasteiger charge is 2.22. The maximum Gasteiger partial charge on any atom is 0.257 e. The molecule has 0 unspecified atom stereocenters. The van der Waals surface area contributed by atoms with E-state index in [9.17, 15) is 9.59 Å². The highest BCUT2D eigenvalue weighted by molar-refractivity contribution is 5.98. The van der Waals surface area contributed by atoms with E-state index in [4.69, 9.17) is 4.52 Å². The van der Waals surface area contributed by atoms with Crippen molar-refractivity contribution >= 4 is 11.8 Å². The zero-order valence-electron chi connectivity index (χ0n) is 11.4. The van der Waals surface area contributed by atoms with Crippen LogP contribution in [0.5, 0.6) is 0 Å². The monoisotopic (exact) mass is 253 g/mol. The number of carbonyl (C=O) groups is 2. The Labute approximate surface area is 106 Å². The van der Waals surface area contributed by atoms with Crippen molar-refractivity contribution in [1.29, 1.82) is 0 Å². The van der Waals surface area contributed by atoms with E-state index in [0.29, 0.717) is 17.0 Å². The van der Waals surface area contributed by atoms with Gasteiger partial charge in [0.25, 0.3) is 5.91 Å². The van der Waals surface area contributed by atoms with E-state index >= 15 is 0 Å². The average Bonchev–Trinajstić information content (AvgIpc) is 2.67. The minimum atomic E-state index is -0.326. The lowest BCUT2D eigenvalue weighted by Gasteiger charge is -2.11. The number of hydrogen-bond acceptors (Lipinski definition) is 4. The molecule has 0 radical (unpaired) electrons. The highest BCUT2D eigenvalue weighted by Crippen LogP contribution is 2.21. The van der Waals surface area contributed by atoms with Gasteiger partial charge < -0.3 is 14.7 Å². The first-order chi connectivity index (χ1) is 8.34. The van der Waals surface area contributed by atoms with Crippen LogP contribution in [0.2, 0.25) is 0 Å². The van der Waals surface area contributed by atoms with Gasteiger partial charge in [0.15, 0.2) is 5.76 Å². The lowest BCUT2D eigenvalue weighted by molar-refractivity contribution is -0.127. The molecule has 1 N–H and O–H groups in total. The van der Waals surface area contributed by atoms with Gasteiger partial charge in [-0.25, -0.2) is 0 Å². The molecule has 1 aromatic rings. The third-order valence-corrected chi connectivity index (χ3v) is 2.54. The summed E-state index contributed by atoms with van der Waals surface area (Å²) in [5.74, 6) is 0.120. The van der Waals surface area contributed by atoms with Crippen LogP contribution in [0.25, 0.3) is 0 Å². The highest BCUT2D eigenvalue weighted by atomic mass is 16.5. The number of carbonyl (C=O) groups excluding carboxylic acids is 2. The van der Waals surface area contributed by atoms with E-state index in [-0.39, 0.29) is 24.3 Å². The van der Waals surface area contributed by atoms with Crippen LogP contribution in [-0.2, 0) is 4.79 Å². The molecule has 0 aliphatic heterocycles. The van der Waals surface area contributed by atoms with Crippen LogP contribution in [0.3, 0.4) is 0 Å². The van der Waals surface area contributed by atoms with E-state index in [0.717, 1.165) is 0 Å². The van der Waals surface area contributed by atoms with Crippen molar-refractivity contribution in [3.05, 3.63) is 17.0 Å². The quantitative estimate of drug-likeness (QED) is 0.866. The maximum atomic E-state index is 12.0. The zero-order valence-corrected chi connectivity index (χ0v) is 11.4. The molecule has 100 valence electrons. The second-order valence-electron chi connectivity index (χ2n) is 4.63. The minimum absolute atomic E-state index is 0.0337. The van der Waals surface area contributed by atoms with E-state index in [1.54, 1.807) is 21.0 Å². The number of aromatic nitrogens is 1. The molecule has 0 fully saturated rings. The lowest BCUT2D eigenvalue weighted by Crippen LogP contribution is -2.36. The van der Waals surface area contributed by atoms with Crippen molar-refractivity contribution in [1.82, 2.24) is 15.4 Å². The molecular weight excluding hydrogens is 234 g/mol. The molecule has 0 aliphatic rings. The van der Waals surface area contributed by atoms with Gasteiger partial charge in [-0.2, -0.15) is 0 Å². The van der Waals surface area contributed by atoms with Crippen LogP contribution in [0, 0.1) is 6.92 Å². The molecule has 6 nitrogen and oxygen atoms in total. The van der Waals surface area contributed by atoms with Gasteiger partial charge in [0.05, 0.1) is 12.2 Å². The topological polar surface area (TPSA) is 75.4 Å². The Hall–Kier alpha value is -1.85. The predicted octanol–water partition coefficient (Wildman–Crippen LogP) is 0.924. The minimum Gasteiger partial charge on any atom is -0.360 e. The van der Waals surface area contributed by atoms with Gasteiger partial charge in [0, 0.05) is 20.0 Å². The molecule has 0 bridgehead atoms. The third kappa shape index (κ3) is 3.09. The smallest absolute Gasteiger partial charge is 0.257 e. The fourth-order valence-electron chi connectivity index (χ4n) is 1.46. The number of nitrogens with one attached hydrogen (secondary N) is 1. The molecule has 0 aromatic carbocycles. The van der Waals surface area contributed by atoms with Gasteiger partial charge in [-0.3, -0.25) is 9.59 Å². The standard InChI is InChI=1S/C12H19N3O3/c1-7(2)11-10(8(3)14-18-11)12(17)13-6-9(16)15(4)5/h7H,6H2,1-5H3,(H,13,17). The second kappa shape index (κ2) is 5.66. The summed E-state index contributed by atoms with van der Waals surface area (Å²) in [5, 5.41) is 6.36. The molecule has 0 aliphatic carbocycles. The summed E-state index contributed by atoms with van der Waals surface area (Å²) in [5.41, 5.74) is 0.963. The summed E-state index contributed by atoms with van der Waals surface area (Å²) < 4.78 is 5.13. The Morgan fingerprint density at radius 1 is 1.39 bits per heavy atom. The number of aryl methyl sites for hydroxylation is 1. The molecule has 1 heterocycles. The van der Waals surface area contributed by atoms with Crippen molar-refractivity contribution in [2.24, 2.45) is 0 Å². The molecule has 1 aromatic heterocycles. The summed E-state index contributed by atoms with van der Waals surface area (Å²) in [4.78, 5) is 24.8. The van der Waals surface area contributed by atoms with Crippen LogP contribution >= 0.6 is 0 Å². The first-order valence-electron chi connectivity index (χ1n) is 5.79. The first-order valence-corrected chi connectivity index (χ1v) is 5.79. The van der Waals surface area contributed by atoms with Gasteiger partial charge in [-0.1, -0.05) is 19.0 Å². The van der Waals surface area contributed by atoms with Gasteiger partial charge in [-0.15, -0.1) is 0 Å². The average molecular weight is 253 g/mol.